The van der Waals surface area contributed by atoms with Gasteiger partial charge in [0, 0.05) is 12.1 Å². The van der Waals surface area contributed by atoms with Gasteiger partial charge < -0.3 is 15.4 Å². The monoisotopic (exact) mass is 280 g/mol. The zero-order valence-corrected chi connectivity index (χ0v) is 12.1. The Kier molecular flexibility index (Phi) is 3.71. The highest BCUT2D eigenvalue weighted by atomic mass is 16.5. The molecule has 0 heterocycles. The summed E-state index contributed by atoms with van der Waals surface area (Å²) in [6, 6.07) is 0.225. The minimum absolute atomic E-state index is 0.00954. The van der Waals surface area contributed by atoms with E-state index in [1.165, 1.54) is 0 Å². The molecule has 3 rings (SSSR count). The lowest BCUT2D eigenvalue weighted by atomic mass is 9.84. The standard InChI is InChI=1S/C15H24N2O3/c1-2-20-12(18)8-17(11-5-6-11)15(19)13-9-3-4-10(7-9)14(13)16/h9-11,13-14H,2-8,16H2,1H3. The minimum Gasteiger partial charge on any atom is -0.465 e. The van der Waals surface area contributed by atoms with Gasteiger partial charge >= 0.3 is 5.97 Å². The van der Waals surface area contributed by atoms with Crippen LogP contribution in [-0.4, -0.2) is 42.0 Å². The van der Waals surface area contributed by atoms with Crippen molar-refractivity contribution in [3.8, 4) is 0 Å². The summed E-state index contributed by atoms with van der Waals surface area (Å²) in [5.74, 6) is 0.678. The molecule has 2 N–H and O–H groups in total. The maximum absolute atomic E-state index is 12.8. The number of esters is 1. The number of fused-ring (bicyclic) bond motifs is 2. The Morgan fingerprint density at radius 3 is 2.45 bits per heavy atom. The first-order chi connectivity index (χ1) is 9.61. The van der Waals surface area contributed by atoms with E-state index in [-0.39, 0.29) is 36.4 Å². The van der Waals surface area contributed by atoms with Crippen molar-refractivity contribution < 1.29 is 14.3 Å². The van der Waals surface area contributed by atoms with Crippen LogP contribution in [0.4, 0.5) is 0 Å². The summed E-state index contributed by atoms with van der Waals surface area (Å²) in [6.45, 7) is 2.24. The van der Waals surface area contributed by atoms with Gasteiger partial charge in [-0.25, -0.2) is 0 Å². The summed E-state index contributed by atoms with van der Waals surface area (Å²) < 4.78 is 4.99. The second-order valence-electron chi connectivity index (χ2n) is 6.44. The van der Waals surface area contributed by atoms with Gasteiger partial charge in [-0.3, -0.25) is 9.59 Å². The molecular weight excluding hydrogens is 256 g/mol. The van der Waals surface area contributed by atoms with Crippen LogP contribution in [0.5, 0.6) is 0 Å². The number of carbonyl (C=O) groups excluding carboxylic acids is 2. The average molecular weight is 280 g/mol. The van der Waals surface area contributed by atoms with E-state index in [1.807, 2.05) is 0 Å². The van der Waals surface area contributed by atoms with Crippen LogP contribution in [0.25, 0.3) is 0 Å². The van der Waals surface area contributed by atoms with E-state index in [4.69, 9.17) is 10.5 Å². The number of nitrogens with two attached hydrogens (primary N) is 1. The lowest BCUT2D eigenvalue weighted by Crippen LogP contribution is -2.49. The summed E-state index contributed by atoms with van der Waals surface area (Å²) in [6.07, 6.45) is 5.38. The number of rotatable bonds is 5. The molecule has 0 aromatic rings. The van der Waals surface area contributed by atoms with Gasteiger partial charge in [0.05, 0.1) is 12.5 Å². The summed E-state index contributed by atoms with van der Waals surface area (Å²) in [7, 11) is 0. The third kappa shape index (κ3) is 2.43. The van der Waals surface area contributed by atoms with E-state index < -0.39 is 0 Å². The van der Waals surface area contributed by atoms with E-state index in [9.17, 15) is 9.59 Å². The first kappa shape index (κ1) is 13.9. The fourth-order valence-electron chi connectivity index (χ4n) is 4.01. The van der Waals surface area contributed by atoms with Crippen molar-refractivity contribution in [2.24, 2.45) is 23.5 Å². The van der Waals surface area contributed by atoms with E-state index in [0.717, 1.165) is 32.1 Å². The van der Waals surface area contributed by atoms with Crippen LogP contribution in [0.3, 0.4) is 0 Å². The molecular formula is C15H24N2O3. The van der Waals surface area contributed by atoms with Gasteiger partial charge in [0.2, 0.25) is 5.91 Å². The first-order valence-electron chi connectivity index (χ1n) is 7.83. The normalized spacial score (nSPS) is 35.1. The Bertz CT molecular complexity index is 406. The quantitative estimate of drug-likeness (QED) is 0.760. The van der Waals surface area contributed by atoms with Crippen molar-refractivity contribution in [1.82, 2.24) is 4.90 Å². The smallest absolute Gasteiger partial charge is 0.325 e. The molecule has 5 heteroatoms. The van der Waals surface area contributed by atoms with Gasteiger partial charge in [0.25, 0.3) is 0 Å². The van der Waals surface area contributed by atoms with Crippen molar-refractivity contribution in [2.45, 2.75) is 51.1 Å². The molecule has 3 fully saturated rings. The van der Waals surface area contributed by atoms with Crippen molar-refractivity contribution in [3.05, 3.63) is 0 Å². The van der Waals surface area contributed by atoms with Crippen molar-refractivity contribution in [2.75, 3.05) is 13.2 Å². The fraction of sp³-hybridized carbons (Fsp3) is 0.867. The van der Waals surface area contributed by atoms with E-state index in [2.05, 4.69) is 0 Å². The first-order valence-corrected chi connectivity index (χ1v) is 7.83. The largest absolute Gasteiger partial charge is 0.465 e. The second-order valence-corrected chi connectivity index (χ2v) is 6.44. The molecule has 3 aliphatic carbocycles. The summed E-state index contributed by atoms with van der Waals surface area (Å²) in [5, 5.41) is 0. The molecule has 0 aromatic carbocycles. The van der Waals surface area contributed by atoms with Gasteiger partial charge in [-0.2, -0.15) is 0 Å². The lowest BCUT2D eigenvalue weighted by molar-refractivity contribution is -0.151. The highest BCUT2D eigenvalue weighted by molar-refractivity contribution is 5.85. The zero-order chi connectivity index (χ0) is 14.3. The zero-order valence-electron chi connectivity index (χ0n) is 12.1. The molecule has 4 atom stereocenters. The van der Waals surface area contributed by atoms with E-state index in [0.29, 0.717) is 18.4 Å². The highest BCUT2D eigenvalue weighted by Gasteiger charge is 2.51. The Morgan fingerprint density at radius 2 is 1.90 bits per heavy atom. The summed E-state index contributed by atoms with van der Waals surface area (Å²) in [4.78, 5) is 26.2. The molecule has 0 spiro atoms. The number of nitrogens with zero attached hydrogens (tertiary/aromatic N) is 1. The van der Waals surface area contributed by atoms with E-state index >= 15 is 0 Å². The number of amides is 1. The van der Waals surface area contributed by atoms with Crippen molar-refractivity contribution >= 4 is 11.9 Å². The van der Waals surface area contributed by atoms with Crippen molar-refractivity contribution in [1.29, 1.82) is 0 Å². The third-order valence-corrected chi connectivity index (χ3v) is 5.14. The van der Waals surface area contributed by atoms with Crippen LogP contribution in [0.1, 0.15) is 39.0 Å². The SMILES string of the molecule is CCOC(=O)CN(C(=O)C1C2CCC(C2)C1N)C1CC1. The highest BCUT2D eigenvalue weighted by Crippen LogP contribution is 2.48. The molecule has 5 nitrogen and oxygen atoms in total. The molecule has 3 saturated carbocycles. The predicted octanol–water partition coefficient (Wildman–Crippen LogP) is 0.914. The molecule has 3 aliphatic rings. The maximum atomic E-state index is 12.8. The van der Waals surface area contributed by atoms with E-state index in [1.54, 1.807) is 11.8 Å². The number of ether oxygens (including phenoxy) is 1. The van der Waals surface area contributed by atoms with Gasteiger partial charge in [-0.15, -0.1) is 0 Å². The lowest BCUT2D eigenvalue weighted by Gasteiger charge is -2.32. The molecule has 20 heavy (non-hydrogen) atoms. The topological polar surface area (TPSA) is 72.6 Å². The van der Waals surface area contributed by atoms with Gasteiger partial charge in [-0.1, -0.05) is 0 Å². The summed E-state index contributed by atoms with van der Waals surface area (Å²) in [5.41, 5.74) is 6.25. The molecule has 0 aromatic heterocycles. The second kappa shape index (κ2) is 5.35. The van der Waals surface area contributed by atoms with Crippen LogP contribution in [0.2, 0.25) is 0 Å². The molecule has 2 bridgehead atoms. The number of carbonyl (C=O) groups is 2. The van der Waals surface area contributed by atoms with Crippen LogP contribution in [0, 0.1) is 17.8 Å². The van der Waals surface area contributed by atoms with Crippen LogP contribution >= 0.6 is 0 Å². The Morgan fingerprint density at radius 1 is 1.20 bits per heavy atom. The van der Waals surface area contributed by atoms with Gasteiger partial charge in [0.1, 0.15) is 6.54 Å². The van der Waals surface area contributed by atoms with Gasteiger partial charge in [-0.05, 0) is 50.9 Å². The molecule has 0 aliphatic heterocycles. The predicted molar refractivity (Wildman–Crippen MR) is 73.7 cm³/mol. The van der Waals surface area contributed by atoms with Gasteiger partial charge in [0.15, 0.2) is 0 Å². The number of hydrogen-bond donors (Lipinski definition) is 1. The molecule has 0 saturated heterocycles. The Labute approximate surface area is 119 Å². The maximum Gasteiger partial charge on any atom is 0.325 e. The molecule has 0 radical (unpaired) electrons. The molecule has 1 amide bonds. The molecule has 4 unspecified atom stereocenters. The number of hydrogen-bond acceptors (Lipinski definition) is 4. The molecule has 112 valence electrons. The average Bonchev–Trinajstić information content (AvgIpc) is 3.07. The summed E-state index contributed by atoms with van der Waals surface area (Å²) >= 11 is 0. The Balaban J connectivity index is 1.68. The third-order valence-electron chi connectivity index (χ3n) is 5.14. The van der Waals surface area contributed by atoms with Crippen LogP contribution in [0.15, 0.2) is 0 Å². The Hall–Kier alpha value is -1.10. The fourth-order valence-corrected chi connectivity index (χ4v) is 4.01. The van der Waals surface area contributed by atoms with Crippen molar-refractivity contribution in [3.63, 3.8) is 0 Å². The van der Waals surface area contributed by atoms with Crippen LogP contribution < -0.4 is 5.73 Å². The van der Waals surface area contributed by atoms with Crippen LogP contribution in [-0.2, 0) is 14.3 Å². The minimum atomic E-state index is -0.301.